The molecule has 0 atom stereocenters. The fourth-order valence-electron chi connectivity index (χ4n) is 1.87. The average Bonchev–Trinajstić information content (AvgIpc) is 2.79. The van der Waals surface area contributed by atoms with Gasteiger partial charge in [0.15, 0.2) is 0 Å². The summed E-state index contributed by atoms with van der Waals surface area (Å²) in [5.41, 5.74) is 4.08. The summed E-state index contributed by atoms with van der Waals surface area (Å²) in [6.45, 7) is 5.38. The first-order chi connectivity index (χ1) is 8.16. The minimum absolute atomic E-state index is 0.391. The molecule has 4 heteroatoms. The van der Waals surface area contributed by atoms with Crippen LogP contribution >= 0.6 is 0 Å². The molecule has 0 saturated carbocycles. The van der Waals surface area contributed by atoms with Gasteiger partial charge in [-0.25, -0.2) is 0 Å². The first-order valence-electron chi connectivity index (χ1n) is 5.65. The number of aromatic amines is 1. The zero-order valence-electron chi connectivity index (χ0n) is 10.1. The van der Waals surface area contributed by atoms with E-state index in [0.717, 1.165) is 29.9 Å². The van der Waals surface area contributed by atoms with Crippen molar-refractivity contribution in [2.24, 2.45) is 0 Å². The Bertz CT molecular complexity index is 468. The third-order valence-corrected chi connectivity index (χ3v) is 2.75. The number of hydrogen-bond acceptors (Lipinski definition) is 3. The number of nitrogens with one attached hydrogen (secondary N) is 2. The average molecular weight is 231 g/mol. The zero-order valence-corrected chi connectivity index (χ0v) is 10.1. The molecule has 0 spiro atoms. The van der Waals surface area contributed by atoms with Gasteiger partial charge in [0.05, 0.1) is 0 Å². The van der Waals surface area contributed by atoms with Gasteiger partial charge in [0.2, 0.25) is 0 Å². The van der Waals surface area contributed by atoms with Gasteiger partial charge in [-0.1, -0.05) is 12.1 Å². The van der Waals surface area contributed by atoms with Crippen molar-refractivity contribution in [3.05, 3.63) is 46.8 Å². The van der Waals surface area contributed by atoms with Crippen molar-refractivity contribution in [2.75, 3.05) is 0 Å². The molecule has 1 aromatic heterocycles. The van der Waals surface area contributed by atoms with Gasteiger partial charge in [0.25, 0.3) is 0 Å². The zero-order chi connectivity index (χ0) is 12.3. The van der Waals surface area contributed by atoms with Crippen LogP contribution in [-0.4, -0.2) is 15.3 Å². The number of aryl methyl sites for hydroxylation is 2. The van der Waals surface area contributed by atoms with Crippen LogP contribution in [0.1, 0.15) is 22.4 Å². The Balaban J connectivity index is 1.95. The number of phenolic OH excluding ortho intramolecular Hbond substituents is 1. The van der Waals surface area contributed by atoms with Gasteiger partial charge >= 0.3 is 0 Å². The largest absolute Gasteiger partial charge is 0.507 e. The molecule has 0 amide bonds. The Kier molecular flexibility index (Phi) is 3.44. The number of rotatable bonds is 4. The lowest BCUT2D eigenvalue weighted by Gasteiger charge is -2.08. The first kappa shape index (κ1) is 11.7. The third-order valence-electron chi connectivity index (χ3n) is 2.75. The Morgan fingerprint density at radius 2 is 1.94 bits per heavy atom. The van der Waals surface area contributed by atoms with E-state index in [4.69, 9.17) is 0 Å². The Hall–Kier alpha value is -1.81. The third kappa shape index (κ3) is 2.85. The second-order valence-electron chi connectivity index (χ2n) is 4.26. The van der Waals surface area contributed by atoms with Crippen LogP contribution in [0.5, 0.6) is 5.75 Å². The molecule has 0 bridgehead atoms. The van der Waals surface area contributed by atoms with Crippen LogP contribution in [0, 0.1) is 13.8 Å². The molecular formula is C13H17N3O. The Morgan fingerprint density at radius 3 is 2.53 bits per heavy atom. The smallest absolute Gasteiger partial charge is 0.121 e. The number of benzene rings is 1. The minimum atomic E-state index is 0.391. The maximum Gasteiger partial charge on any atom is 0.121 e. The number of aromatic hydroxyl groups is 1. The molecule has 2 aromatic rings. The molecular weight excluding hydrogens is 214 g/mol. The number of H-pyrrole nitrogens is 1. The maximum absolute atomic E-state index is 9.67. The van der Waals surface area contributed by atoms with Gasteiger partial charge in [-0.2, -0.15) is 5.10 Å². The number of phenols is 1. The summed E-state index contributed by atoms with van der Waals surface area (Å²) in [4.78, 5) is 0. The molecule has 17 heavy (non-hydrogen) atoms. The first-order valence-corrected chi connectivity index (χ1v) is 5.65. The van der Waals surface area contributed by atoms with E-state index in [1.165, 1.54) is 5.56 Å². The lowest BCUT2D eigenvalue weighted by Crippen LogP contribution is -2.13. The predicted octanol–water partition coefficient (Wildman–Crippen LogP) is 2.02. The Labute approximate surface area is 101 Å². The molecule has 4 nitrogen and oxygen atoms in total. The summed E-state index contributed by atoms with van der Waals surface area (Å²) >= 11 is 0. The quantitative estimate of drug-likeness (QED) is 0.754. The van der Waals surface area contributed by atoms with Gasteiger partial charge in [-0.05, 0) is 36.6 Å². The van der Waals surface area contributed by atoms with Crippen LogP contribution in [-0.2, 0) is 13.1 Å². The molecule has 3 N–H and O–H groups in total. The van der Waals surface area contributed by atoms with E-state index in [2.05, 4.69) is 15.5 Å². The molecule has 0 aliphatic carbocycles. The molecule has 0 fully saturated rings. The molecule has 0 saturated heterocycles. The van der Waals surface area contributed by atoms with Crippen molar-refractivity contribution in [3.8, 4) is 5.75 Å². The highest BCUT2D eigenvalue weighted by atomic mass is 16.3. The van der Waals surface area contributed by atoms with Crippen LogP contribution < -0.4 is 5.32 Å². The number of hydrogen-bond donors (Lipinski definition) is 3. The van der Waals surface area contributed by atoms with Gasteiger partial charge in [0, 0.05) is 25.0 Å². The minimum Gasteiger partial charge on any atom is -0.507 e. The SMILES string of the molecule is Cc1cc(CNCc2ccn[nH]2)cc(C)c1O. The monoisotopic (exact) mass is 231 g/mol. The molecule has 0 aliphatic heterocycles. The lowest BCUT2D eigenvalue weighted by molar-refractivity contribution is 0.466. The van der Waals surface area contributed by atoms with E-state index < -0.39 is 0 Å². The van der Waals surface area contributed by atoms with Crippen molar-refractivity contribution in [3.63, 3.8) is 0 Å². The van der Waals surface area contributed by atoms with Gasteiger partial charge in [-0.3, -0.25) is 5.10 Å². The van der Waals surface area contributed by atoms with Crippen molar-refractivity contribution in [1.29, 1.82) is 0 Å². The van der Waals surface area contributed by atoms with Gasteiger partial charge in [0.1, 0.15) is 5.75 Å². The summed E-state index contributed by atoms with van der Waals surface area (Å²) in [5, 5.41) is 19.8. The van der Waals surface area contributed by atoms with Crippen LogP contribution in [0.3, 0.4) is 0 Å². The van der Waals surface area contributed by atoms with E-state index >= 15 is 0 Å². The highest BCUT2D eigenvalue weighted by Gasteiger charge is 2.03. The number of nitrogens with zero attached hydrogens (tertiary/aromatic N) is 1. The molecule has 1 aromatic carbocycles. The standard InChI is InChI=1S/C13H17N3O/c1-9-5-11(6-10(2)13(9)17)7-14-8-12-3-4-15-16-12/h3-6,14,17H,7-8H2,1-2H3,(H,15,16). The van der Waals surface area contributed by atoms with Gasteiger partial charge < -0.3 is 10.4 Å². The molecule has 0 unspecified atom stereocenters. The van der Waals surface area contributed by atoms with Gasteiger partial charge in [-0.15, -0.1) is 0 Å². The van der Waals surface area contributed by atoms with E-state index in [1.54, 1.807) is 6.20 Å². The molecule has 1 heterocycles. The normalized spacial score (nSPS) is 10.7. The summed E-state index contributed by atoms with van der Waals surface area (Å²) in [6, 6.07) is 5.95. The van der Waals surface area contributed by atoms with Crippen molar-refractivity contribution in [1.82, 2.24) is 15.5 Å². The highest BCUT2D eigenvalue weighted by Crippen LogP contribution is 2.22. The fraction of sp³-hybridized carbons (Fsp3) is 0.308. The second-order valence-corrected chi connectivity index (χ2v) is 4.26. The molecule has 0 radical (unpaired) electrons. The van der Waals surface area contributed by atoms with E-state index in [0.29, 0.717) is 5.75 Å². The molecule has 90 valence electrons. The van der Waals surface area contributed by atoms with Crippen LogP contribution in [0.15, 0.2) is 24.4 Å². The van der Waals surface area contributed by atoms with Crippen molar-refractivity contribution < 1.29 is 5.11 Å². The summed E-state index contributed by atoms with van der Waals surface area (Å²) in [6.07, 6.45) is 1.74. The van der Waals surface area contributed by atoms with Crippen LogP contribution in [0.25, 0.3) is 0 Å². The Morgan fingerprint density at radius 1 is 1.24 bits per heavy atom. The van der Waals surface area contributed by atoms with Crippen LogP contribution in [0.4, 0.5) is 0 Å². The summed E-state index contributed by atoms with van der Waals surface area (Å²) in [7, 11) is 0. The van der Waals surface area contributed by atoms with E-state index in [1.807, 2.05) is 32.0 Å². The summed E-state index contributed by atoms with van der Waals surface area (Å²) in [5.74, 6) is 0.391. The van der Waals surface area contributed by atoms with Crippen molar-refractivity contribution >= 4 is 0 Å². The number of aromatic nitrogens is 2. The van der Waals surface area contributed by atoms with E-state index in [-0.39, 0.29) is 0 Å². The van der Waals surface area contributed by atoms with E-state index in [9.17, 15) is 5.11 Å². The lowest BCUT2D eigenvalue weighted by atomic mass is 10.1. The van der Waals surface area contributed by atoms with Crippen LogP contribution in [0.2, 0.25) is 0 Å². The topological polar surface area (TPSA) is 60.9 Å². The highest BCUT2D eigenvalue weighted by molar-refractivity contribution is 5.42. The predicted molar refractivity (Wildman–Crippen MR) is 66.7 cm³/mol. The summed E-state index contributed by atoms with van der Waals surface area (Å²) < 4.78 is 0. The maximum atomic E-state index is 9.67. The molecule has 0 aliphatic rings. The van der Waals surface area contributed by atoms with Crippen molar-refractivity contribution in [2.45, 2.75) is 26.9 Å². The second kappa shape index (κ2) is 5.01. The fourth-order valence-corrected chi connectivity index (χ4v) is 1.87. The molecule has 2 rings (SSSR count).